The molecule has 1 amide bonds. The summed E-state index contributed by atoms with van der Waals surface area (Å²) in [6.45, 7) is 3.30. The minimum Gasteiger partial charge on any atom is -0.324 e. The van der Waals surface area contributed by atoms with E-state index in [1.165, 1.54) is 12.1 Å². The summed E-state index contributed by atoms with van der Waals surface area (Å²) < 4.78 is 27.9. The average Bonchev–Trinajstić information content (AvgIpc) is 2.97. The fraction of sp³-hybridized carbons (Fsp3) is 0.263. The lowest BCUT2D eigenvalue weighted by molar-refractivity contribution is -0.114. The first-order valence-corrected chi connectivity index (χ1v) is 12.8. The summed E-state index contributed by atoms with van der Waals surface area (Å²) >= 11 is 19.1. The van der Waals surface area contributed by atoms with Crippen LogP contribution in [0.5, 0.6) is 0 Å². The molecular weight excluding hydrogens is 505 g/mol. The van der Waals surface area contributed by atoms with Crippen molar-refractivity contribution in [2.24, 2.45) is 0 Å². The molecule has 0 fully saturated rings. The monoisotopic (exact) mass is 521 g/mol. The molecule has 0 aliphatic heterocycles. The van der Waals surface area contributed by atoms with E-state index in [9.17, 15) is 18.0 Å². The summed E-state index contributed by atoms with van der Waals surface area (Å²) in [5.74, 6) is -0.595. The number of anilines is 2. The van der Waals surface area contributed by atoms with Gasteiger partial charge >= 0.3 is 4.87 Å². The maximum absolute atomic E-state index is 12.6. The number of thiazole rings is 1. The summed E-state index contributed by atoms with van der Waals surface area (Å²) in [5, 5.41) is 2.96. The molecule has 166 valence electrons. The van der Waals surface area contributed by atoms with Gasteiger partial charge in [0.05, 0.1) is 37.2 Å². The van der Waals surface area contributed by atoms with Gasteiger partial charge in [-0.1, -0.05) is 46.1 Å². The Bertz CT molecular complexity index is 1330. The van der Waals surface area contributed by atoms with Crippen molar-refractivity contribution >= 4 is 83.7 Å². The second-order valence-electron chi connectivity index (χ2n) is 7.05. The highest BCUT2D eigenvalue weighted by Gasteiger charge is 2.24. The molecule has 12 heteroatoms. The molecule has 0 bridgehead atoms. The van der Waals surface area contributed by atoms with Crippen LogP contribution in [0.15, 0.2) is 35.1 Å². The molecule has 3 aromatic rings. The quantitative estimate of drug-likeness (QED) is 0.461. The van der Waals surface area contributed by atoms with Crippen molar-refractivity contribution in [1.82, 2.24) is 4.57 Å². The highest BCUT2D eigenvalue weighted by Crippen LogP contribution is 2.35. The highest BCUT2D eigenvalue weighted by atomic mass is 35.5. The van der Waals surface area contributed by atoms with Crippen LogP contribution < -0.4 is 14.5 Å². The molecule has 0 saturated heterocycles. The van der Waals surface area contributed by atoms with Crippen LogP contribution in [-0.2, 0) is 14.8 Å². The number of carbonyl (C=O) groups is 1. The number of rotatable bonds is 6. The Hall–Kier alpha value is -1.78. The smallest absolute Gasteiger partial charge is 0.308 e. The molecule has 2 aromatic carbocycles. The van der Waals surface area contributed by atoms with Gasteiger partial charge in [0.2, 0.25) is 15.9 Å². The second kappa shape index (κ2) is 8.99. The van der Waals surface area contributed by atoms with Crippen LogP contribution in [-0.4, -0.2) is 31.7 Å². The predicted octanol–water partition coefficient (Wildman–Crippen LogP) is 5.01. The molecule has 0 unspecified atom stereocenters. The van der Waals surface area contributed by atoms with Gasteiger partial charge in [0.25, 0.3) is 0 Å². The van der Waals surface area contributed by atoms with E-state index in [1.807, 2.05) is 13.8 Å². The molecule has 0 radical (unpaired) electrons. The van der Waals surface area contributed by atoms with Crippen LogP contribution in [0.25, 0.3) is 10.2 Å². The van der Waals surface area contributed by atoms with Crippen LogP contribution >= 0.6 is 46.1 Å². The Morgan fingerprint density at radius 1 is 1.13 bits per heavy atom. The van der Waals surface area contributed by atoms with E-state index in [2.05, 4.69) is 5.32 Å². The number of nitrogens with zero attached hydrogens (tertiary/aromatic N) is 2. The third kappa shape index (κ3) is 5.18. The number of hydrogen-bond donors (Lipinski definition) is 1. The zero-order valence-electron chi connectivity index (χ0n) is 16.6. The summed E-state index contributed by atoms with van der Waals surface area (Å²) in [6, 6.07) is 7.68. The molecule has 0 aliphatic rings. The van der Waals surface area contributed by atoms with E-state index >= 15 is 0 Å². The minimum absolute atomic E-state index is 0.000888. The van der Waals surface area contributed by atoms with E-state index in [-0.39, 0.29) is 31.7 Å². The zero-order valence-corrected chi connectivity index (χ0v) is 20.5. The SMILES string of the molecule is CC(C)n1c(=O)sc2cc(NC(=O)CN(c3cc(Cl)c(Cl)cc3Cl)S(C)(=O)=O)ccc21. The summed E-state index contributed by atoms with van der Waals surface area (Å²) in [4.78, 5) is 24.7. The van der Waals surface area contributed by atoms with E-state index in [0.717, 1.165) is 27.4 Å². The number of aromatic nitrogens is 1. The Morgan fingerprint density at radius 3 is 2.39 bits per heavy atom. The normalized spacial score (nSPS) is 11.8. The minimum atomic E-state index is -3.86. The average molecular weight is 523 g/mol. The molecule has 1 heterocycles. The summed E-state index contributed by atoms with van der Waals surface area (Å²) in [7, 11) is -3.86. The Morgan fingerprint density at radius 2 is 1.77 bits per heavy atom. The maximum atomic E-state index is 12.6. The van der Waals surface area contributed by atoms with E-state index in [1.54, 1.807) is 22.8 Å². The van der Waals surface area contributed by atoms with Gasteiger partial charge < -0.3 is 5.32 Å². The molecule has 0 spiro atoms. The number of fused-ring (bicyclic) bond motifs is 1. The first-order valence-electron chi connectivity index (χ1n) is 8.95. The molecular formula is C19H18Cl3N3O4S2. The van der Waals surface area contributed by atoms with Crippen molar-refractivity contribution in [2.45, 2.75) is 19.9 Å². The number of carbonyl (C=O) groups excluding carboxylic acids is 1. The number of nitrogens with one attached hydrogen (secondary N) is 1. The number of hydrogen-bond acceptors (Lipinski definition) is 5. The lowest BCUT2D eigenvalue weighted by atomic mass is 10.2. The number of amides is 1. The van der Waals surface area contributed by atoms with Gasteiger partial charge in [0, 0.05) is 11.7 Å². The van der Waals surface area contributed by atoms with Crippen LogP contribution in [0, 0.1) is 0 Å². The third-order valence-corrected chi connectivity index (χ3v) is 7.43. The summed E-state index contributed by atoms with van der Waals surface area (Å²) in [5.41, 5.74) is 1.24. The molecule has 1 N–H and O–H groups in total. The molecule has 0 atom stereocenters. The third-order valence-electron chi connectivity index (χ3n) is 4.36. The molecule has 7 nitrogen and oxygen atoms in total. The van der Waals surface area contributed by atoms with Gasteiger partial charge in [0.1, 0.15) is 6.54 Å². The molecule has 3 rings (SSSR count). The largest absolute Gasteiger partial charge is 0.324 e. The topological polar surface area (TPSA) is 88.5 Å². The molecule has 0 aliphatic carbocycles. The van der Waals surface area contributed by atoms with E-state index < -0.39 is 22.5 Å². The summed E-state index contributed by atoms with van der Waals surface area (Å²) in [6.07, 6.45) is 0.956. The standard InChI is InChI=1S/C19H18Cl3N3O4S2/c1-10(2)25-15-5-4-11(6-17(15)30-19(25)27)23-18(26)9-24(31(3,28)29)16-8-13(21)12(20)7-14(16)22/h4-8,10H,9H2,1-3H3,(H,23,26). The lowest BCUT2D eigenvalue weighted by Gasteiger charge is -2.23. The second-order valence-corrected chi connectivity index (χ2v) is 11.2. The number of sulfonamides is 1. The van der Waals surface area contributed by atoms with E-state index in [0.29, 0.717) is 10.4 Å². The van der Waals surface area contributed by atoms with Crippen molar-refractivity contribution in [3.05, 3.63) is 55.1 Å². The molecule has 1 aromatic heterocycles. The maximum Gasteiger partial charge on any atom is 0.308 e. The fourth-order valence-corrected chi connectivity index (χ4v) is 5.62. The van der Waals surface area contributed by atoms with Gasteiger partial charge in [-0.25, -0.2) is 8.42 Å². The fourth-order valence-electron chi connectivity index (χ4n) is 3.02. The number of halogens is 3. The Labute approximate surface area is 198 Å². The predicted molar refractivity (Wildman–Crippen MR) is 129 cm³/mol. The van der Waals surface area contributed by atoms with Crippen LogP contribution in [0.3, 0.4) is 0 Å². The van der Waals surface area contributed by atoms with Gasteiger partial charge in [0.15, 0.2) is 0 Å². The van der Waals surface area contributed by atoms with Gasteiger partial charge in [-0.3, -0.25) is 18.5 Å². The van der Waals surface area contributed by atoms with Crippen molar-refractivity contribution in [2.75, 3.05) is 22.4 Å². The van der Waals surface area contributed by atoms with Crippen molar-refractivity contribution in [1.29, 1.82) is 0 Å². The van der Waals surface area contributed by atoms with Gasteiger partial charge in [-0.15, -0.1) is 0 Å². The molecule has 31 heavy (non-hydrogen) atoms. The van der Waals surface area contributed by atoms with Crippen LogP contribution in [0.1, 0.15) is 19.9 Å². The van der Waals surface area contributed by atoms with Crippen molar-refractivity contribution < 1.29 is 13.2 Å². The van der Waals surface area contributed by atoms with Crippen LogP contribution in [0.4, 0.5) is 11.4 Å². The van der Waals surface area contributed by atoms with Crippen molar-refractivity contribution in [3.8, 4) is 0 Å². The van der Waals surface area contributed by atoms with E-state index in [4.69, 9.17) is 34.8 Å². The highest BCUT2D eigenvalue weighted by molar-refractivity contribution is 7.92. The number of benzene rings is 2. The first kappa shape index (κ1) is 23.9. The lowest BCUT2D eigenvalue weighted by Crippen LogP contribution is -2.37. The first-order chi connectivity index (χ1) is 14.4. The Kier molecular flexibility index (Phi) is 6.93. The van der Waals surface area contributed by atoms with Crippen LogP contribution in [0.2, 0.25) is 15.1 Å². The van der Waals surface area contributed by atoms with Gasteiger partial charge in [-0.2, -0.15) is 0 Å². The zero-order chi connectivity index (χ0) is 23.1. The van der Waals surface area contributed by atoms with Gasteiger partial charge in [-0.05, 0) is 44.2 Å². The Balaban J connectivity index is 1.88. The van der Waals surface area contributed by atoms with Crippen molar-refractivity contribution in [3.63, 3.8) is 0 Å². The molecule has 0 saturated carbocycles.